The van der Waals surface area contributed by atoms with Crippen molar-refractivity contribution >= 4 is 0 Å². The van der Waals surface area contributed by atoms with Crippen LogP contribution in [0.3, 0.4) is 0 Å². The van der Waals surface area contributed by atoms with Gasteiger partial charge in [-0.1, -0.05) is 0 Å². The topological polar surface area (TPSA) is 43.0 Å². The molecule has 5 nitrogen and oxygen atoms in total. The van der Waals surface area contributed by atoms with E-state index in [0.29, 0.717) is 13.2 Å². The number of methoxy groups -OCH3 is 1. The van der Waals surface area contributed by atoms with Crippen LogP contribution >= 0.6 is 0 Å². The van der Waals surface area contributed by atoms with E-state index in [1.54, 1.807) is 7.11 Å². The quantitative estimate of drug-likeness (QED) is 0.447. The zero-order chi connectivity index (χ0) is 10.1. The van der Waals surface area contributed by atoms with Crippen LogP contribution in [-0.2, 0) is 14.3 Å². The van der Waals surface area contributed by atoms with Crippen LogP contribution in [0, 0.1) is 0 Å². The Kier molecular flexibility index (Phi) is 6.90. The Bertz CT molecular complexity index is 129. The van der Waals surface area contributed by atoms with Gasteiger partial charge in [-0.3, -0.25) is 9.74 Å². The Hall–Kier alpha value is -0.200. The number of hydroxylamine groups is 1. The second-order valence-corrected chi connectivity index (χ2v) is 3.19. The van der Waals surface area contributed by atoms with Gasteiger partial charge < -0.3 is 9.47 Å². The summed E-state index contributed by atoms with van der Waals surface area (Å²) in [5.41, 5.74) is 2.91. The Morgan fingerprint density at radius 3 is 2.79 bits per heavy atom. The molecule has 0 aromatic rings. The predicted molar refractivity (Wildman–Crippen MR) is 53.1 cm³/mol. The van der Waals surface area contributed by atoms with Gasteiger partial charge in [0.15, 0.2) is 0 Å². The Morgan fingerprint density at radius 2 is 2.07 bits per heavy atom. The molecule has 84 valence electrons. The molecular weight excluding hydrogens is 184 g/mol. The van der Waals surface area contributed by atoms with Crippen molar-refractivity contribution in [1.82, 2.24) is 10.4 Å². The number of hydrogen-bond donors (Lipinski definition) is 1. The summed E-state index contributed by atoms with van der Waals surface area (Å²) in [6, 6.07) is 0. The smallest absolute Gasteiger partial charge is 0.0915 e. The summed E-state index contributed by atoms with van der Waals surface area (Å²) in [5.74, 6) is 0. The minimum Gasteiger partial charge on any atom is -0.382 e. The van der Waals surface area contributed by atoms with E-state index in [9.17, 15) is 0 Å². The summed E-state index contributed by atoms with van der Waals surface area (Å²) in [6.07, 6.45) is 0. The van der Waals surface area contributed by atoms with Crippen LogP contribution in [0.5, 0.6) is 0 Å². The van der Waals surface area contributed by atoms with Crippen molar-refractivity contribution in [3.8, 4) is 0 Å². The van der Waals surface area contributed by atoms with E-state index >= 15 is 0 Å². The van der Waals surface area contributed by atoms with E-state index < -0.39 is 0 Å². The highest BCUT2D eigenvalue weighted by atomic mass is 16.7. The van der Waals surface area contributed by atoms with Crippen LogP contribution < -0.4 is 5.48 Å². The van der Waals surface area contributed by atoms with Gasteiger partial charge in [0.2, 0.25) is 0 Å². The lowest BCUT2D eigenvalue weighted by Crippen LogP contribution is -2.40. The lowest BCUT2D eigenvalue weighted by Gasteiger charge is -2.26. The minimum atomic E-state index is 0.597. The third-order valence-electron chi connectivity index (χ3n) is 2.13. The molecule has 0 saturated carbocycles. The molecule has 0 atom stereocenters. The second kappa shape index (κ2) is 8.14. The van der Waals surface area contributed by atoms with E-state index in [1.165, 1.54) is 0 Å². The maximum atomic E-state index is 5.25. The van der Waals surface area contributed by atoms with Gasteiger partial charge >= 0.3 is 0 Å². The van der Waals surface area contributed by atoms with E-state index in [4.69, 9.17) is 14.3 Å². The molecule has 0 bridgehead atoms. The molecule has 1 saturated heterocycles. The molecule has 0 aromatic heterocycles. The molecule has 1 N–H and O–H groups in total. The van der Waals surface area contributed by atoms with Crippen LogP contribution in [-0.4, -0.2) is 64.6 Å². The van der Waals surface area contributed by atoms with Gasteiger partial charge in [0, 0.05) is 33.3 Å². The first kappa shape index (κ1) is 11.9. The monoisotopic (exact) mass is 204 g/mol. The third kappa shape index (κ3) is 5.51. The number of rotatable bonds is 7. The molecule has 5 heteroatoms. The summed E-state index contributed by atoms with van der Waals surface area (Å²) in [7, 11) is 1.66. The van der Waals surface area contributed by atoms with E-state index in [1.807, 2.05) is 0 Å². The van der Waals surface area contributed by atoms with Gasteiger partial charge in [-0.05, 0) is 0 Å². The van der Waals surface area contributed by atoms with Gasteiger partial charge in [-0.15, -0.1) is 0 Å². The minimum absolute atomic E-state index is 0.597. The molecule has 0 amide bonds. The molecule has 1 heterocycles. The number of ether oxygens (including phenoxy) is 2. The molecule has 0 radical (unpaired) electrons. The van der Waals surface area contributed by atoms with E-state index in [0.717, 1.165) is 39.4 Å². The van der Waals surface area contributed by atoms with Gasteiger partial charge in [-0.25, -0.2) is 5.48 Å². The van der Waals surface area contributed by atoms with Gasteiger partial charge in [0.05, 0.1) is 26.4 Å². The highest BCUT2D eigenvalue weighted by Crippen LogP contribution is 1.94. The molecule has 0 aromatic carbocycles. The Morgan fingerprint density at radius 1 is 1.29 bits per heavy atom. The van der Waals surface area contributed by atoms with Crippen LogP contribution in [0.2, 0.25) is 0 Å². The largest absolute Gasteiger partial charge is 0.382 e. The molecule has 1 rings (SSSR count). The molecule has 1 aliphatic heterocycles. The number of nitrogens with zero attached hydrogens (tertiary/aromatic N) is 1. The third-order valence-corrected chi connectivity index (χ3v) is 2.13. The molecule has 1 aliphatic rings. The first-order chi connectivity index (χ1) is 6.93. The molecule has 0 aliphatic carbocycles. The van der Waals surface area contributed by atoms with Gasteiger partial charge in [0.25, 0.3) is 0 Å². The zero-order valence-corrected chi connectivity index (χ0v) is 8.83. The fourth-order valence-corrected chi connectivity index (χ4v) is 1.30. The average molecular weight is 204 g/mol. The van der Waals surface area contributed by atoms with Crippen LogP contribution in [0.4, 0.5) is 0 Å². The van der Waals surface area contributed by atoms with Crippen molar-refractivity contribution in [2.75, 3.05) is 59.7 Å². The second-order valence-electron chi connectivity index (χ2n) is 3.19. The van der Waals surface area contributed by atoms with Gasteiger partial charge in [0.1, 0.15) is 0 Å². The van der Waals surface area contributed by atoms with Crippen molar-refractivity contribution in [1.29, 1.82) is 0 Å². The van der Waals surface area contributed by atoms with Crippen molar-refractivity contribution in [2.24, 2.45) is 0 Å². The fraction of sp³-hybridized carbons (Fsp3) is 1.00. The molecule has 14 heavy (non-hydrogen) atoms. The maximum absolute atomic E-state index is 5.25. The SMILES string of the molecule is COCCONCCN1CCOCC1. The number of hydrogen-bond acceptors (Lipinski definition) is 5. The normalized spacial score (nSPS) is 18.6. The van der Waals surface area contributed by atoms with Crippen molar-refractivity contribution in [3.63, 3.8) is 0 Å². The molecular formula is C9H20N2O3. The lowest BCUT2D eigenvalue weighted by molar-refractivity contribution is -0.00537. The summed E-state index contributed by atoms with van der Waals surface area (Å²) in [5, 5.41) is 0. The molecule has 0 unspecified atom stereocenters. The van der Waals surface area contributed by atoms with E-state index in [-0.39, 0.29) is 0 Å². The van der Waals surface area contributed by atoms with Gasteiger partial charge in [-0.2, -0.15) is 0 Å². The Labute approximate surface area is 85.3 Å². The lowest BCUT2D eigenvalue weighted by atomic mass is 10.4. The first-order valence-corrected chi connectivity index (χ1v) is 5.07. The van der Waals surface area contributed by atoms with Crippen molar-refractivity contribution in [2.45, 2.75) is 0 Å². The molecule has 1 fully saturated rings. The maximum Gasteiger partial charge on any atom is 0.0915 e. The predicted octanol–water partition coefficient (Wildman–Crippen LogP) is -0.514. The van der Waals surface area contributed by atoms with Crippen LogP contribution in [0.15, 0.2) is 0 Å². The molecule has 0 spiro atoms. The number of morpholine rings is 1. The highest BCUT2D eigenvalue weighted by molar-refractivity contribution is 4.61. The zero-order valence-electron chi connectivity index (χ0n) is 8.83. The fourth-order valence-electron chi connectivity index (χ4n) is 1.30. The highest BCUT2D eigenvalue weighted by Gasteiger charge is 2.08. The summed E-state index contributed by atoms with van der Waals surface area (Å²) < 4.78 is 10.1. The average Bonchev–Trinajstić information content (AvgIpc) is 2.25. The van der Waals surface area contributed by atoms with Crippen molar-refractivity contribution in [3.05, 3.63) is 0 Å². The Balaban J connectivity index is 1.82. The standard InChI is InChI=1S/C9H20N2O3/c1-12-8-9-14-10-2-3-11-4-6-13-7-5-11/h10H,2-9H2,1H3. The van der Waals surface area contributed by atoms with Crippen molar-refractivity contribution < 1.29 is 14.3 Å². The van der Waals surface area contributed by atoms with Crippen LogP contribution in [0.1, 0.15) is 0 Å². The summed E-state index contributed by atoms with van der Waals surface area (Å²) in [6.45, 7) is 6.85. The summed E-state index contributed by atoms with van der Waals surface area (Å²) >= 11 is 0. The first-order valence-electron chi connectivity index (χ1n) is 5.07. The van der Waals surface area contributed by atoms with Crippen LogP contribution in [0.25, 0.3) is 0 Å². The summed E-state index contributed by atoms with van der Waals surface area (Å²) in [4.78, 5) is 7.49. The van der Waals surface area contributed by atoms with E-state index in [2.05, 4.69) is 10.4 Å². The number of nitrogens with one attached hydrogen (secondary N) is 1.